The highest BCUT2D eigenvalue weighted by Crippen LogP contribution is 2.24. The number of thiazole rings is 1. The van der Waals surface area contributed by atoms with Gasteiger partial charge in [-0.25, -0.2) is 9.78 Å². The molecule has 2 aromatic rings. The van der Waals surface area contributed by atoms with Crippen LogP contribution in [0.2, 0.25) is 0 Å². The van der Waals surface area contributed by atoms with Gasteiger partial charge in [-0.3, -0.25) is 0 Å². The van der Waals surface area contributed by atoms with Crippen molar-refractivity contribution in [1.82, 2.24) is 9.88 Å². The minimum absolute atomic E-state index is 0.0683. The molecule has 0 atom stereocenters. The number of amides is 2. The van der Waals surface area contributed by atoms with Crippen LogP contribution >= 0.6 is 11.3 Å². The van der Waals surface area contributed by atoms with Gasteiger partial charge in [-0.2, -0.15) is 0 Å². The maximum absolute atomic E-state index is 12.0. The van der Waals surface area contributed by atoms with Crippen molar-refractivity contribution in [1.29, 1.82) is 0 Å². The number of benzene rings is 1. The highest BCUT2D eigenvalue weighted by molar-refractivity contribution is 7.13. The summed E-state index contributed by atoms with van der Waals surface area (Å²) in [5, 5.41) is 5.81. The summed E-state index contributed by atoms with van der Waals surface area (Å²) in [4.78, 5) is 18.0. The fourth-order valence-electron chi connectivity index (χ4n) is 1.81. The summed E-state index contributed by atoms with van der Waals surface area (Å²) < 4.78 is 0. The molecule has 100 valence electrons. The average molecular weight is 275 g/mol. The molecule has 0 bridgehead atoms. The van der Waals surface area contributed by atoms with Gasteiger partial charge < -0.3 is 10.2 Å². The fraction of sp³-hybridized carbons (Fsp3) is 0.286. The van der Waals surface area contributed by atoms with Gasteiger partial charge in [0.2, 0.25) is 0 Å². The predicted molar refractivity (Wildman–Crippen MR) is 79.5 cm³/mol. The van der Waals surface area contributed by atoms with Gasteiger partial charge in [0.05, 0.1) is 0 Å². The van der Waals surface area contributed by atoms with Gasteiger partial charge in [0.25, 0.3) is 0 Å². The molecule has 0 aliphatic rings. The number of carbonyl (C=O) groups excluding carboxylic acids is 1. The number of anilines is 1. The molecule has 0 saturated carbocycles. The molecule has 1 aromatic heterocycles. The van der Waals surface area contributed by atoms with E-state index in [0.29, 0.717) is 13.1 Å². The standard InChI is InChI=1S/C14H17N3OS/c1-3-17(4-2)14(18)16-12-7-5-6-11(10-12)13-15-8-9-19-13/h5-10H,3-4H2,1-2H3,(H,16,18). The Kier molecular flexibility index (Phi) is 4.52. The van der Waals surface area contributed by atoms with Crippen molar-refractivity contribution in [2.24, 2.45) is 0 Å². The van der Waals surface area contributed by atoms with Crippen molar-refractivity contribution < 1.29 is 4.79 Å². The van der Waals surface area contributed by atoms with Crippen LogP contribution in [-0.2, 0) is 0 Å². The van der Waals surface area contributed by atoms with Crippen molar-refractivity contribution in [2.45, 2.75) is 13.8 Å². The molecule has 1 N–H and O–H groups in total. The molecule has 2 rings (SSSR count). The topological polar surface area (TPSA) is 45.2 Å². The highest BCUT2D eigenvalue weighted by Gasteiger charge is 2.09. The van der Waals surface area contributed by atoms with E-state index in [2.05, 4.69) is 10.3 Å². The third-order valence-electron chi connectivity index (χ3n) is 2.84. The second kappa shape index (κ2) is 6.33. The Labute approximate surface area is 117 Å². The SMILES string of the molecule is CCN(CC)C(=O)Nc1cccc(-c2nccs2)c1. The zero-order chi connectivity index (χ0) is 13.7. The second-order valence-electron chi connectivity index (χ2n) is 4.02. The molecule has 1 aromatic carbocycles. The summed E-state index contributed by atoms with van der Waals surface area (Å²) in [7, 11) is 0. The van der Waals surface area contributed by atoms with Crippen LogP contribution < -0.4 is 5.32 Å². The molecule has 0 unspecified atom stereocenters. The van der Waals surface area contributed by atoms with Crippen molar-refractivity contribution in [2.75, 3.05) is 18.4 Å². The minimum Gasteiger partial charge on any atom is -0.325 e. The summed E-state index contributed by atoms with van der Waals surface area (Å²) in [6, 6.07) is 7.68. The van der Waals surface area contributed by atoms with E-state index in [1.54, 1.807) is 22.4 Å². The molecular weight excluding hydrogens is 258 g/mol. The van der Waals surface area contributed by atoms with Crippen molar-refractivity contribution in [3.8, 4) is 10.6 Å². The fourth-order valence-corrected chi connectivity index (χ4v) is 2.44. The number of nitrogens with one attached hydrogen (secondary N) is 1. The molecule has 2 amide bonds. The zero-order valence-corrected chi connectivity index (χ0v) is 11.9. The maximum atomic E-state index is 12.0. The average Bonchev–Trinajstić information content (AvgIpc) is 2.94. The third-order valence-corrected chi connectivity index (χ3v) is 3.67. The lowest BCUT2D eigenvalue weighted by molar-refractivity contribution is 0.217. The van der Waals surface area contributed by atoms with E-state index in [0.717, 1.165) is 16.3 Å². The van der Waals surface area contributed by atoms with Crippen LogP contribution in [0, 0.1) is 0 Å². The lowest BCUT2D eigenvalue weighted by atomic mass is 10.2. The first kappa shape index (κ1) is 13.5. The first-order valence-electron chi connectivity index (χ1n) is 6.30. The molecule has 0 fully saturated rings. The smallest absolute Gasteiger partial charge is 0.321 e. The maximum Gasteiger partial charge on any atom is 0.321 e. The number of hydrogen-bond acceptors (Lipinski definition) is 3. The Bertz CT molecular complexity index is 535. The molecule has 4 nitrogen and oxygen atoms in total. The van der Waals surface area contributed by atoms with Crippen molar-refractivity contribution in [3.63, 3.8) is 0 Å². The van der Waals surface area contributed by atoms with Crippen LogP contribution in [0.1, 0.15) is 13.8 Å². The molecule has 0 radical (unpaired) electrons. The van der Waals surface area contributed by atoms with Gasteiger partial charge in [-0.1, -0.05) is 12.1 Å². The van der Waals surface area contributed by atoms with Crippen LogP contribution in [0.25, 0.3) is 10.6 Å². The molecule has 1 heterocycles. The van der Waals surface area contributed by atoms with Gasteiger partial charge in [0.15, 0.2) is 0 Å². The van der Waals surface area contributed by atoms with Crippen LogP contribution in [-0.4, -0.2) is 29.0 Å². The lowest BCUT2D eigenvalue weighted by Gasteiger charge is -2.19. The van der Waals surface area contributed by atoms with Crippen molar-refractivity contribution >= 4 is 23.1 Å². The molecule has 0 saturated heterocycles. The van der Waals surface area contributed by atoms with E-state index in [9.17, 15) is 4.79 Å². The van der Waals surface area contributed by atoms with Crippen LogP contribution in [0.5, 0.6) is 0 Å². The molecular formula is C14H17N3OS. The van der Waals surface area contributed by atoms with E-state index in [1.807, 2.05) is 43.5 Å². The third kappa shape index (κ3) is 3.32. The number of urea groups is 1. The predicted octanol–water partition coefficient (Wildman–Crippen LogP) is 3.68. The number of carbonyl (C=O) groups is 1. The molecule has 0 aliphatic carbocycles. The van der Waals surface area contributed by atoms with Crippen molar-refractivity contribution in [3.05, 3.63) is 35.8 Å². The number of aromatic nitrogens is 1. The number of rotatable bonds is 4. The first-order valence-corrected chi connectivity index (χ1v) is 7.18. The summed E-state index contributed by atoms with van der Waals surface area (Å²) in [6.45, 7) is 5.34. The van der Waals surface area contributed by atoms with Crippen LogP contribution in [0.15, 0.2) is 35.8 Å². The quantitative estimate of drug-likeness (QED) is 0.925. The van der Waals surface area contributed by atoms with E-state index in [-0.39, 0.29) is 6.03 Å². The van der Waals surface area contributed by atoms with Crippen LogP contribution in [0.4, 0.5) is 10.5 Å². The zero-order valence-electron chi connectivity index (χ0n) is 11.1. The normalized spacial score (nSPS) is 10.2. The van der Waals surface area contributed by atoms with Crippen LogP contribution in [0.3, 0.4) is 0 Å². The minimum atomic E-state index is -0.0683. The summed E-state index contributed by atoms with van der Waals surface area (Å²) in [6.07, 6.45) is 1.78. The molecule has 19 heavy (non-hydrogen) atoms. The monoisotopic (exact) mass is 275 g/mol. The molecule has 0 aliphatic heterocycles. The molecule has 0 spiro atoms. The van der Waals surface area contributed by atoms with Gasteiger partial charge in [-0.05, 0) is 26.0 Å². The highest BCUT2D eigenvalue weighted by atomic mass is 32.1. The van der Waals surface area contributed by atoms with E-state index >= 15 is 0 Å². The first-order chi connectivity index (χ1) is 9.24. The Hall–Kier alpha value is -1.88. The van der Waals surface area contributed by atoms with E-state index in [4.69, 9.17) is 0 Å². The van der Waals surface area contributed by atoms with Gasteiger partial charge in [-0.15, -0.1) is 11.3 Å². The van der Waals surface area contributed by atoms with Gasteiger partial charge in [0.1, 0.15) is 5.01 Å². The second-order valence-corrected chi connectivity index (χ2v) is 4.92. The largest absolute Gasteiger partial charge is 0.325 e. The Morgan fingerprint density at radius 2 is 2.16 bits per heavy atom. The number of nitrogens with zero attached hydrogens (tertiary/aromatic N) is 2. The lowest BCUT2D eigenvalue weighted by Crippen LogP contribution is -2.34. The Balaban J connectivity index is 2.14. The summed E-state index contributed by atoms with van der Waals surface area (Å²) in [5.41, 5.74) is 1.82. The Morgan fingerprint density at radius 3 is 2.79 bits per heavy atom. The van der Waals surface area contributed by atoms with Gasteiger partial charge >= 0.3 is 6.03 Å². The number of hydrogen-bond donors (Lipinski definition) is 1. The molecule has 5 heteroatoms. The van der Waals surface area contributed by atoms with Gasteiger partial charge in [0, 0.05) is 35.9 Å². The van der Waals surface area contributed by atoms with E-state index < -0.39 is 0 Å². The summed E-state index contributed by atoms with van der Waals surface area (Å²) in [5.74, 6) is 0. The van der Waals surface area contributed by atoms with E-state index in [1.165, 1.54) is 0 Å². The summed E-state index contributed by atoms with van der Waals surface area (Å²) >= 11 is 1.58. The Morgan fingerprint density at radius 1 is 1.37 bits per heavy atom.